The number of aliphatic carboxylic acids is 1. The largest absolute Gasteiger partial charge is 0.480 e. The van der Waals surface area contributed by atoms with Crippen LogP contribution < -0.4 is 4.72 Å². The number of ether oxygens (including phenoxy) is 1. The van der Waals surface area contributed by atoms with Gasteiger partial charge in [0.05, 0.1) is 12.7 Å². The van der Waals surface area contributed by atoms with Crippen LogP contribution in [-0.4, -0.2) is 37.8 Å². The van der Waals surface area contributed by atoms with Crippen molar-refractivity contribution < 1.29 is 32.2 Å². The summed E-state index contributed by atoms with van der Waals surface area (Å²) >= 11 is 0. The van der Waals surface area contributed by atoms with Gasteiger partial charge in [-0.15, -0.1) is 0 Å². The molecule has 0 aliphatic carbocycles. The fourth-order valence-electron chi connectivity index (χ4n) is 1.24. The SMILES string of the molecule is COC(=O)c1cc(NS(=O)(=O)C(C)C(=O)O)ccc1F. The number of nitrogens with one attached hydrogen (secondary N) is 1. The minimum Gasteiger partial charge on any atom is -0.480 e. The summed E-state index contributed by atoms with van der Waals surface area (Å²) < 4.78 is 43.0. The summed E-state index contributed by atoms with van der Waals surface area (Å²) in [5.41, 5.74) is -0.601. The molecule has 9 heteroatoms. The first-order valence-corrected chi connectivity index (χ1v) is 6.86. The van der Waals surface area contributed by atoms with Crippen LogP contribution in [0.25, 0.3) is 0 Å². The van der Waals surface area contributed by atoms with Crippen molar-refractivity contribution >= 4 is 27.6 Å². The molecule has 0 aromatic heterocycles. The Bertz CT molecular complexity index is 642. The van der Waals surface area contributed by atoms with E-state index in [1.165, 1.54) is 0 Å². The van der Waals surface area contributed by atoms with Crippen LogP contribution in [0, 0.1) is 5.82 Å². The van der Waals surface area contributed by atoms with Gasteiger partial charge in [0.2, 0.25) is 10.0 Å². The molecule has 0 saturated heterocycles. The van der Waals surface area contributed by atoms with Gasteiger partial charge in [-0.25, -0.2) is 17.6 Å². The van der Waals surface area contributed by atoms with Crippen LogP contribution >= 0.6 is 0 Å². The number of hydrogen-bond donors (Lipinski definition) is 2. The fourth-order valence-corrected chi connectivity index (χ4v) is 2.14. The molecule has 1 rings (SSSR count). The topological polar surface area (TPSA) is 110 Å². The lowest BCUT2D eigenvalue weighted by molar-refractivity contribution is -0.136. The predicted molar refractivity (Wildman–Crippen MR) is 67.4 cm³/mol. The zero-order valence-electron chi connectivity index (χ0n) is 10.6. The molecule has 0 fully saturated rings. The number of carboxylic acid groups (broad SMARTS) is 1. The van der Waals surface area contributed by atoms with Crippen molar-refractivity contribution in [3.05, 3.63) is 29.6 Å². The maximum atomic E-state index is 13.4. The van der Waals surface area contributed by atoms with Gasteiger partial charge in [-0.1, -0.05) is 0 Å². The van der Waals surface area contributed by atoms with E-state index in [-0.39, 0.29) is 5.69 Å². The first-order chi connectivity index (χ1) is 9.19. The molecule has 7 nitrogen and oxygen atoms in total. The Morgan fingerprint density at radius 1 is 1.40 bits per heavy atom. The molecule has 0 amide bonds. The first-order valence-electron chi connectivity index (χ1n) is 5.31. The number of benzene rings is 1. The van der Waals surface area contributed by atoms with E-state index in [9.17, 15) is 22.4 Å². The third-order valence-electron chi connectivity index (χ3n) is 2.44. The summed E-state index contributed by atoms with van der Waals surface area (Å²) in [6.07, 6.45) is 0. The molecule has 0 bridgehead atoms. The zero-order chi connectivity index (χ0) is 15.5. The van der Waals surface area contributed by atoms with Gasteiger partial charge in [-0.05, 0) is 25.1 Å². The lowest BCUT2D eigenvalue weighted by Gasteiger charge is -2.12. The van der Waals surface area contributed by atoms with E-state index in [1.54, 1.807) is 0 Å². The van der Waals surface area contributed by atoms with Gasteiger partial charge < -0.3 is 9.84 Å². The maximum Gasteiger partial charge on any atom is 0.340 e. The number of carbonyl (C=O) groups is 2. The lowest BCUT2D eigenvalue weighted by Crippen LogP contribution is -2.32. The van der Waals surface area contributed by atoms with Gasteiger partial charge in [0, 0.05) is 5.69 Å². The fraction of sp³-hybridized carbons (Fsp3) is 0.273. The summed E-state index contributed by atoms with van der Waals surface area (Å²) in [5.74, 6) is -3.39. The molecule has 0 heterocycles. The number of carbonyl (C=O) groups excluding carboxylic acids is 1. The van der Waals surface area contributed by atoms with Crippen LogP contribution in [0.4, 0.5) is 10.1 Å². The molecule has 1 aromatic carbocycles. The van der Waals surface area contributed by atoms with Crippen molar-refractivity contribution in [2.24, 2.45) is 0 Å². The summed E-state index contributed by atoms with van der Waals surface area (Å²) in [6, 6.07) is 2.86. The monoisotopic (exact) mass is 305 g/mol. The quantitative estimate of drug-likeness (QED) is 0.780. The Morgan fingerprint density at radius 2 is 2.00 bits per heavy atom. The molecule has 1 aromatic rings. The second-order valence-corrected chi connectivity index (χ2v) is 5.81. The van der Waals surface area contributed by atoms with Gasteiger partial charge in [-0.2, -0.15) is 0 Å². The van der Waals surface area contributed by atoms with Crippen LogP contribution in [0.5, 0.6) is 0 Å². The zero-order valence-corrected chi connectivity index (χ0v) is 11.4. The minimum atomic E-state index is -4.20. The van der Waals surface area contributed by atoms with E-state index in [0.29, 0.717) is 0 Å². The highest BCUT2D eigenvalue weighted by Gasteiger charge is 2.28. The Hall–Kier alpha value is -2.16. The van der Waals surface area contributed by atoms with E-state index in [2.05, 4.69) is 4.74 Å². The molecule has 20 heavy (non-hydrogen) atoms. The molecule has 0 radical (unpaired) electrons. The van der Waals surface area contributed by atoms with Crippen molar-refractivity contribution in [2.45, 2.75) is 12.2 Å². The highest BCUT2D eigenvalue weighted by Crippen LogP contribution is 2.18. The predicted octanol–water partition coefficient (Wildman–Crippen LogP) is 0.827. The first kappa shape index (κ1) is 15.9. The average Bonchev–Trinajstić information content (AvgIpc) is 2.38. The van der Waals surface area contributed by atoms with Crippen LogP contribution in [-0.2, 0) is 19.6 Å². The van der Waals surface area contributed by atoms with Crippen molar-refractivity contribution in [3.63, 3.8) is 0 Å². The summed E-state index contributed by atoms with van der Waals surface area (Å²) in [6.45, 7) is 0.982. The van der Waals surface area contributed by atoms with Crippen LogP contribution in [0.15, 0.2) is 18.2 Å². The number of rotatable bonds is 5. The lowest BCUT2D eigenvalue weighted by atomic mass is 10.2. The highest BCUT2D eigenvalue weighted by molar-refractivity contribution is 7.94. The molecule has 0 aliphatic heterocycles. The Kier molecular flexibility index (Phi) is 4.66. The van der Waals surface area contributed by atoms with E-state index < -0.39 is 38.6 Å². The number of halogens is 1. The van der Waals surface area contributed by atoms with Crippen LogP contribution in [0.1, 0.15) is 17.3 Å². The smallest absolute Gasteiger partial charge is 0.340 e. The Morgan fingerprint density at radius 3 is 2.50 bits per heavy atom. The summed E-state index contributed by atoms with van der Waals surface area (Å²) in [4.78, 5) is 21.9. The molecule has 1 atom stereocenters. The normalized spacial score (nSPS) is 12.6. The van der Waals surface area contributed by atoms with Gasteiger partial charge in [0.15, 0.2) is 5.25 Å². The van der Waals surface area contributed by atoms with Gasteiger partial charge in [0.1, 0.15) is 5.82 Å². The van der Waals surface area contributed by atoms with Crippen molar-refractivity contribution in [2.75, 3.05) is 11.8 Å². The van der Waals surface area contributed by atoms with Crippen LogP contribution in [0.2, 0.25) is 0 Å². The average molecular weight is 305 g/mol. The van der Waals surface area contributed by atoms with Gasteiger partial charge >= 0.3 is 11.9 Å². The van der Waals surface area contributed by atoms with E-state index in [1.807, 2.05) is 4.72 Å². The van der Waals surface area contributed by atoms with Crippen molar-refractivity contribution in [1.29, 1.82) is 0 Å². The van der Waals surface area contributed by atoms with Crippen LogP contribution in [0.3, 0.4) is 0 Å². The standard InChI is InChI=1S/C11H12FNO6S/c1-6(10(14)15)20(17,18)13-7-3-4-9(12)8(5-7)11(16)19-2/h3-6,13H,1-2H3,(H,14,15). The molecule has 0 spiro atoms. The molecule has 1 unspecified atom stereocenters. The second kappa shape index (κ2) is 5.87. The molecule has 2 N–H and O–H groups in total. The van der Waals surface area contributed by atoms with Gasteiger partial charge in [-0.3, -0.25) is 9.52 Å². The summed E-state index contributed by atoms with van der Waals surface area (Å²) in [5, 5.41) is 6.97. The molecular weight excluding hydrogens is 293 g/mol. The van der Waals surface area contributed by atoms with Crippen molar-refractivity contribution in [1.82, 2.24) is 0 Å². The second-order valence-electron chi connectivity index (χ2n) is 3.81. The Balaban J connectivity index is 3.11. The number of sulfonamides is 1. The highest BCUT2D eigenvalue weighted by atomic mass is 32.2. The Labute approximate surface area is 114 Å². The van der Waals surface area contributed by atoms with E-state index in [0.717, 1.165) is 32.2 Å². The molecule has 0 saturated carbocycles. The van der Waals surface area contributed by atoms with Gasteiger partial charge in [0.25, 0.3) is 0 Å². The maximum absolute atomic E-state index is 13.4. The number of methoxy groups -OCH3 is 1. The minimum absolute atomic E-state index is 0.139. The molecular formula is C11H12FNO6S. The van der Waals surface area contributed by atoms with E-state index >= 15 is 0 Å². The molecule has 0 aliphatic rings. The number of hydrogen-bond acceptors (Lipinski definition) is 5. The van der Waals surface area contributed by atoms with E-state index in [4.69, 9.17) is 5.11 Å². The number of carboxylic acids is 1. The van der Waals surface area contributed by atoms with Crippen molar-refractivity contribution in [3.8, 4) is 0 Å². The third-order valence-corrected chi connectivity index (χ3v) is 4.10. The third kappa shape index (κ3) is 3.44. The number of anilines is 1. The molecule has 110 valence electrons. The number of esters is 1. The summed E-state index contributed by atoms with van der Waals surface area (Å²) in [7, 11) is -3.15.